The molecule has 1 aliphatic rings. The number of alkyl halides is 3. The second kappa shape index (κ2) is 6.20. The van der Waals surface area contributed by atoms with Gasteiger partial charge in [-0.25, -0.2) is 0 Å². The van der Waals surface area contributed by atoms with Gasteiger partial charge in [-0.1, -0.05) is 44.5 Å². The van der Waals surface area contributed by atoms with Crippen LogP contribution in [0.3, 0.4) is 0 Å². The number of ketones is 1. The zero-order chi connectivity index (χ0) is 15.6. The fourth-order valence-corrected chi connectivity index (χ4v) is 2.99. The Kier molecular flexibility index (Phi) is 4.74. The average molecular weight is 298 g/mol. The molecular weight excluding hydrogens is 277 g/mol. The van der Waals surface area contributed by atoms with Crippen molar-refractivity contribution in [3.63, 3.8) is 0 Å². The van der Waals surface area contributed by atoms with Gasteiger partial charge in [0.15, 0.2) is 5.78 Å². The zero-order valence-corrected chi connectivity index (χ0v) is 12.4. The lowest BCUT2D eigenvalue weighted by atomic mass is 9.77. The molecule has 2 atom stereocenters. The monoisotopic (exact) mass is 298 g/mol. The molecule has 1 aromatic carbocycles. The number of benzene rings is 1. The lowest BCUT2D eigenvalue weighted by molar-refractivity contribution is -0.184. The molecule has 0 bridgehead atoms. The minimum Gasteiger partial charge on any atom is -0.294 e. The smallest absolute Gasteiger partial charge is 0.294 e. The van der Waals surface area contributed by atoms with E-state index in [2.05, 4.69) is 13.8 Å². The van der Waals surface area contributed by atoms with Crippen molar-refractivity contribution in [1.29, 1.82) is 0 Å². The molecule has 2 rings (SSSR count). The molecule has 1 aromatic rings. The van der Waals surface area contributed by atoms with E-state index in [0.29, 0.717) is 24.3 Å². The molecular formula is C17H21F3O. The van der Waals surface area contributed by atoms with E-state index in [9.17, 15) is 18.0 Å². The lowest BCUT2D eigenvalue weighted by Gasteiger charge is -2.29. The van der Waals surface area contributed by atoms with E-state index in [-0.39, 0.29) is 18.6 Å². The topological polar surface area (TPSA) is 17.1 Å². The van der Waals surface area contributed by atoms with E-state index in [1.165, 1.54) is 0 Å². The summed E-state index contributed by atoms with van der Waals surface area (Å²) in [6.45, 7) is 4.12. The van der Waals surface area contributed by atoms with Crippen LogP contribution in [0.1, 0.15) is 61.4 Å². The maximum Gasteiger partial charge on any atom is 0.391 e. The first-order chi connectivity index (χ1) is 9.79. The van der Waals surface area contributed by atoms with E-state index in [4.69, 9.17) is 0 Å². The first kappa shape index (κ1) is 16.1. The number of hydrogen-bond acceptors (Lipinski definition) is 1. The highest BCUT2D eigenvalue weighted by Crippen LogP contribution is 2.40. The van der Waals surface area contributed by atoms with Crippen LogP contribution in [-0.4, -0.2) is 12.0 Å². The first-order valence-electron chi connectivity index (χ1n) is 7.50. The number of halogens is 3. The second-order valence-electron chi connectivity index (χ2n) is 6.24. The van der Waals surface area contributed by atoms with Gasteiger partial charge in [-0.3, -0.25) is 4.79 Å². The molecule has 1 aliphatic carbocycles. The van der Waals surface area contributed by atoms with Crippen molar-refractivity contribution in [2.24, 2.45) is 11.8 Å². The number of Topliss-reactive ketones (excluding diaryl/α,β-unsaturated/α-hetero) is 1. The summed E-state index contributed by atoms with van der Waals surface area (Å²) < 4.78 is 38.4. The van der Waals surface area contributed by atoms with Crippen LogP contribution < -0.4 is 0 Å². The molecule has 0 spiro atoms. The van der Waals surface area contributed by atoms with Crippen molar-refractivity contribution in [3.05, 3.63) is 35.4 Å². The minimum atomic E-state index is -4.18. The Balaban J connectivity index is 2.09. The van der Waals surface area contributed by atoms with Crippen molar-refractivity contribution in [2.75, 3.05) is 0 Å². The summed E-state index contributed by atoms with van der Waals surface area (Å²) >= 11 is 0. The van der Waals surface area contributed by atoms with Crippen molar-refractivity contribution < 1.29 is 18.0 Å². The summed E-state index contributed by atoms with van der Waals surface area (Å²) in [7, 11) is 0. The fraction of sp³-hybridized carbons (Fsp3) is 0.588. The maximum atomic E-state index is 12.8. The van der Waals surface area contributed by atoms with Crippen molar-refractivity contribution >= 4 is 5.78 Å². The second-order valence-corrected chi connectivity index (χ2v) is 6.24. The minimum absolute atomic E-state index is 0.0612. The Labute approximate surface area is 123 Å². The van der Waals surface area contributed by atoms with Gasteiger partial charge in [0, 0.05) is 11.5 Å². The Morgan fingerprint density at radius 3 is 2.29 bits per heavy atom. The molecule has 0 aromatic heterocycles. The largest absolute Gasteiger partial charge is 0.391 e. The van der Waals surface area contributed by atoms with Gasteiger partial charge in [0.2, 0.25) is 0 Å². The summed E-state index contributed by atoms with van der Waals surface area (Å²) in [6, 6.07) is 7.27. The molecule has 1 nitrogen and oxygen atoms in total. The van der Waals surface area contributed by atoms with Gasteiger partial charge in [-0.15, -0.1) is 0 Å². The Bertz CT molecular complexity index is 488. The standard InChI is InChI=1S/C17H21F3O/c1-11(2)12-6-8-13(9-7-12)16(21)14-4-3-5-15(10-14)17(18,19)20/h6-9,11,14-15H,3-5,10H2,1-2H3. The quantitative estimate of drug-likeness (QED) is 0.686. The maximum absolute atomic E-state index is 12.8. The SMILES string of the molecule is CC(C)c1ccc(C(=O)C2CCCC(C(F)(F)F)C2)cc1. The van der Waals surface area contributed by atoms with Crippen molar-refractivity contribution in [1.82, 2.24) is 0 Å². The molecule has 0 N–H and O–H groups in total. The molecule has 4 heteroatoms. The molecule has 2 unspecified atom stereocenters. The highest BCUT2D eigenvalue weighted by atomic mass is 19.4. The molecule has 1 saturated carbocycles. The van der Waals surface area contributed by atoms with Crippen LogP contribution >= 0.6 is 0 Å². The Hall–Kier alpha value is -1.32. The molecule has 1 fully saturated rings. The van der Waals surface area contributed by atoms with Crippen LogP contribution in [0, 0.1) is 11.8 Å². The lowest BCUT2D eigenvalue weighted by Crippen LogP contribution is -2.31. The summed E-state index contributed by atoms with van der Waals surface area (Å²) in [6.07, 6.45) is -3.05. The molecule has 0 heterocycles. The van der Waals surface area contributed by atoms with Gasteiger partial charge in [-0.05, 0) is 30.7 Å². The van der Waals surface area contributed by atoms with Gasteiger partial charge in [0.05, 0.1) is 5.92 Å². The fourth-order valence-electron chi connectivity index (χ4n) is 2.99. The summed E-state index contributed by atoms with van der Waals surface area (Å²) in [4.78, 5) is 12.4. The van der Waals surface area contributed by atoms with Crippen molar-refractivity contribution in [3.8, 4) is 0 Å². The van der Waals surface area contributed by atoms with Gasteiger partial charge in [0.1, 0.15) is 0 Å². The number of rotatable bonds is 3. The van der Waals surface area contributed by atoms with E-state index in [1.54, 1.807) is 12.1 Å². The van der Waals surface area contributed by atoms with E-state index < -0.39 is 18.0 Å². The predicted molar refractivity (Wildman–Crippen MR) is 76.4 cm³/mol. The zero-order valence-electron chi connectivity index (χ0n) is 12.4. The van der Waals surface area contributed by atoms with Crippen molar-refractivity contribution in [2.45, 2.75) is 51.6 Å². The van der Waals surface area contributed by atoms with Crippen LogP contribution in [0.2, 0.25) is 0 Å². The van der Waals surface area contributed by atoms with Crippen LogP contribution in [0.15, 0.2) is 24.3 Å². The number of carbonyl (C=O) groups excluding carboxylic acids is 1. The number of carbonyl (C=O) groups is 1. The third kappa shape index (κ3) is 3.86. The normalized spacial score (nSPS) is 23.3. The Morgan fingerprint density at radius 1 is 1.14 bits per heavy atom. The predicted octanol–water partition coefficient (Wildman–Crippen LogP) is 5.36. The molecule has 116 valence electrons. The Morgan fingerprint density at radius 2 is 1.76 bits per heavy atom. The third-order valence-corrected chi connectivity index (χ3v) is 4.37. The van der Waals surface area contributed by atoms with Gasteiger partial charge in [-0.2, -0.15) is 13.2 Å². The third-order valence-electron chi connectivity index (χ3n) is 4.37. The van der Waals surface area contributed by atoms with Crippen LogP contribution in [-0.2, 0) is 0 Å². The van der Waals surface area contributed by atoms with Gasteiger partial charge < -0.3 is 0 Å². The van der Waals surface area contributed by atoms with Crippen LogP contribution in [0.4, 0.5) is 13.2 Å². The molecule has 0 radical (unpaired) electrons. The average Bonchev–Trinajstić information content (AvgIpc) is 2.46. The molecule has 0 saturated heterocycles. The first-order valence-corrected chi connectivity index (χ1v) is 7.50. The molecule has 0 amide bonds. The van der Waals surface area contributed by atoms with Crippen LogP contribution in [0.5, 0.6) is 0 Å². The molecule has 21 heavy (non-hydrogen) atoms. The highest BCUT2D eigenvalue weighted by molar-refractivity contribution is 5.97. The summed E-state index contributed by atoms with van der Waals surface area (Å²) in [5.74, 6) is -1.58. The number of hydrogen-bond donors (Lipinski definition) is 0. The van der Waals surface area contributed by atoms with Crippen LogP contribution in [0.25, 0.3) is 0 Å². The van der Waals surface area contributed by atoms with E-state index in [0.717, 1.165) is 5.56 Å². The van der Waals surface area contributed by atoms with E-state index >= 15 is 0 Å². The van der Waals surface area contributed by atoms with Gasteiger partial charge >= 0.3 is 6.18 Å². The van der Waals surface area contributed by atoms with E-state index in [1.807, 2.05) is 12.1 Å². The molecule has 0 aliphatic heterocycles. The van der Waals surface area contributed by atoms with Gasteiger partial charge in [0.25, 0.3) is 0 Å². The summed E-state index contributed by atoms with van der Waals surface area (Å²) in [5, 5.41) is 0. The summed E-state index contributed by atoms with van der Waals surface area (Å²) in [5.41, 5.74) is 1.66. The highest BCUT2D eigenvalue weighted by Gasteiger charge is 2.43.